The largest absolute Gasteiger partial charge is 0.405 e. The maximum atomic E-state index is 12.5. The van der Waals surface area contributed by atoms with Crippen LogP contribution >= 0.6 is 11.3 Å². The minimum Gasteiger partial charge on any atom is -0.399 e. The van der Waals surface area contributed by atoms with Crippen LogP contribution in [0.1, 0.15) is 6.92 Å². The number of anilines is 2. The van der Waals surface area contributed by atoms with Crippen LogP contribution < -0.4 is 31.1 Å². The molecule has 1 aromatic carbocycles. The predicted octanol–water partition coefficient (Wildman–Crippen LogP) is 0.715. The SMILES string of the molecule is CCn1c(=C(C#N)C(=O)NCC(F)(F)F)sc(=CNc2cccc(N)c2)c1=O. The number of hydrogen-bond acceptors (Lipinski definition) is 6. The Bertz CT molecular complexity index is 1100. The summed E-state index contributed by atoms with van der Waals surface area (Å²) in [4.78, 5) is 24.5. The number of alkyl halides is 3. The summed E-state index contributed by atoms with van der Waals surface area (Å²) in [5, 5.41) is 13.8. The maximum Gasteiger partial charge on any atom is 0.405 e. The maximum absolute atomic E-state index is 12.5. The Morgan fingerprint density at radius 2 is 2.14 bits per heavy atom. The molecule has 0 unspecified atom stereocenters. The quantitative estimate of drug-likeness (QED) is 0.628. The van der Waals surface area contributed by atoms with Crippen LogP contribution in [0.4, 0.5) is 24.5 Å². The first-order valence-electron chi connectivity index (χ1n) is 7.97. The molecule has 0 aliphatic heterocycles. The number of carbonyl (C=O) groups excluding carboxylic acids is 1. The van der Waals surface area contributed by atoms with E-state index < -0.39 is 29.8 Å². The molecule has 0 radical (unpaired) electrons. The summed E-state index contributed by atoms with van der Waals surface area (Å²) < 4.78 is 38.2. The fraction of sp³-hybridized carbons (Fsp3) is 0.235. The van der Waals surface area contributed by atoms with E-state index in [0.29, 0.717) is 11.4 Å². The van der Waals surface area contributed by atoms with Crippen molar-refractivity contribution in [3.8, 4) is 6.07 Å². The molecule has 0 fully saturated rings. The summed E-state index contributed by atoms with van der Waals surface area (Å²) >= 11 is 0.828. The van der Waals surface area contributed by atoms with Gasteiger partial charge < -0.3 is 16.4 Å². The van der Waals surface area contributed by atoms with Crippen LogP contribution in [-0.4, -0.2) is 23.2 Å². The van der Waals surface area contributed by atoms with Gasteiger partial charge in [0.2, 0.25) is 0 Å². The van der Waals surface area contributed by atoms with Gasteiger partial charge >= 0.3 is 6.18 Å². The minimum absolute atomic E-state index is 0.0182. The van der Waals surface area contributed by atoms with Gasteiger partial charge in [-0.3, -0.25) is 14.2 Å². The van der Waals surface area contributed by atoms with Gasteiger partial charge in [0, 0.05) is 24.1 Å². The molecule has 2 aromatic rings. The van der Waals surface area contributed by atoms with Crippen LogP contribution in [0.25, 0.3) is 11.8 Å². The van der Waals surface area contributed by atoms with E-state index >= 15 is 0 Å². The van der Waals surface area contributed by atoms with Crippen LogP contribution in [0.15, 0.2) is 29.1 Å². The second-order valence-electron chi connectivity index (χ2n) is 5.52. The van der Waals surface area contributed by atoms with Crippen molar-refractivity contribution in [1.29, 1.82) is 5.26 Å². The number of halogens is 3. The highest BCUT2D eigenvalue weighted by molar-refractivity contribution is 7.07. The topological polar surface area (TPSA) is 113 Å². The highest BCUT2D eigenvalue weighted by Gasteiger charge is 2.28. The van der Waals surface area contributed by atoms with Gasteiger partial charge in [-0.15, -0.1) is 11.3 Å². The number of nitrogens with zero attached hydrogens (tertiary/aromatic N) is 2. The average Bonchev–Trinajstić information content (AvgIpc) is 2.94. The van der Waals surface area contributed by atoms with Crippen LogP contribution in [0.3, 0.4) is 0 Å². The van der Waals surface area contributed by atoms with Crippen molar-refractivity contribution in [3.63, 3.8) is 0 Å². The third-order valence-corrected chi connectivity index (χ3v) is 4.61. The summed E-state index contributed by atoms with van der Waals surface area (Å²) in [7, 11) is 0. The molecule has 1 aromatic heterocycles. The molecule has 4 N–H and O–H groups in total. The highest BCUT2D eigenvalue weighted by atomic mass is 32.1. The van der Waals surface area contributed by atoms with Gasteiger partial charge in [-0.05, 0) is 25.1 Å². The predicted molar refractivity (Wildman–Crippen MR) is 101 cm³/mol. The molecule has 0 spiro atoms. The van der Waals surface area contributed by atoms with E-state index in [0.717, 1.165) is 15.9 Å². The Kier molecular flexibility index (Phi) is 6.48. The number of nitrogens with two attached hydrogens (primary N) is 1. The molecule has 0 saturated heterocycles. The molecular weight excluding hydrogens is 395 g/mol. The summed E-state index contributed by atoms with van der Waals surface area (Å²) in [5.74, 6) is -1.20. The molecule has 1 amide bonds. The van der Waals surface area contributed by atoms with E-state index in [1.165, 1.54) is 6.20 Å². The van der Waals surface area contributed by atoms with Crippen molar-refractivity contribution >= 4 is 40.4 Å². The summed E-state index contributed by atoms with van der Waals surface area (Å²) in [6.45, 7) is 0.179. The number of nitrogen functional groups attached to an aromatic ring is 1. The van der Waals surface area contributed by atoms with Crippen molar-refractivity contribution in [1.82, 2.24) is 9.88 Å². The van der Waals surface area contributed by atoms with E-state index in [1.54, 1.807) is 42.6 Å². The lowest BCUT2D eigenvalue weighted by Crippen LogP contribution is -2.37. The van der Waals surface area contributed by atoms with Gasteiger partial charge in [-0.2, -0.15) is 18.4 Å². The fourth-order valence-electron chi connectivity index (χ4n) is 2.23. The van der Waals surface area contributed by atoms with Crippen LogP contribution in [0.5, 0.6) is 0 Å². The molecule has 148 valence electrons. The van der Waals surface area contributed by atoms with Crippen LogP contribution in [0.2, 0.25) is 0 Å². The number of thiazole rings is 1. The molecule has 1 heterocycles. The molecule has 11 heteroatoms. The van der Waals surface area contributed by atoms with Crippen molar-refractivity contribution in [2.24, 2.45) is 0 Å². The number of aromatic nitrogens is 1. The summed E-state index contributed by atoms with van der Waals surface area (Å²) in [6, 6.07) is 8.34. The van der Waals surface area contributed by atoms with Crippen LogP contribution in [0, 0.1) is 11.3 Å². The second kappa shape index (κ2) is 8.62. The van der Waals surface area contributed by atoms with Gasteiger partial charge in [-0.1, -0.05) is 6.07 Å². The second-order valence-corrected chi connectivity index (χ2v) is 6.55. The van der Waals surface area contributed by atoms with Gasteiger partial charge in [-0.25, -0.2) is 0 Å². The third kappa shape index (κ3) is 5.14. The van der Waals surface area contributed by atoms with E-state index in [4.69, 9.17) is 5.73 Å². The first kappa shape index (κ1) is 21.0. The normalized spacial score (nSPS) is 13.0. The lowest BCUT2D eigenvalue weighted by molar-refractivity contribution is -0.135. The summed E-state index contributed by atoms with van der Waals surface area (Å²) in [6.07, 6.45) is -3.23. The molecule has 0 atom stereocenters. The van der Waals surface area contributed by atoms with Gasteiger partial charge in [0.05, 0.1) is 0 Å². The number of nitriles is 1. The number of carbonyl (C=O) groups is 1. The standard InChI is InChI=1S/C17H16F3N5O2S/c1-2-25-15(27)13(8-23-11-5-3-4-10(22)6-11)28-16(25)12(7-21)14(26)24-9-17(18,19)20/h3-6,8,23H,2,9,22H2,1H3,(H,24,26). The Morgan fingerprint density at radius 3 is 2.71 bits per heavy atom. The van der Waals surface area contributed by atoms with E-state index in [9.17, 15) is 28.0 Å². The number of rotatable bonds is 5. The number of benzene rings is 1. The fourth-order valence-corrected chi connectivity index (χ4v) is 3.32. The zero-order chi connectivity index (χ0) is 20.9. The van der Waals surface area contributed by atoms with Crippen molar-refractivity contribution < 1.29 is 18.0 Å². The molecular formula is C17H16F3N5O2S. The Balaban J connectivity index is 2.49. The number of hydrogen-bond donors (Lipinski definition) is 3. The average molecular weight is 411 g/mol. The zero-order valence-corrected chi connectivity index (χ0v) is 15.4. The lowest BCUT2D eigenvalue weighted by atomic mass is 10.3. The molecule has 2 rings (SSSR count). The lowest BCUT2D eigenvalue weighted by Gasteiger charge is -2.07. The molecule has 0 aliphatic carbocycles. The molecule has 0 aliphatic rings. The van der Waals surface area contributed by atoms with Gasteiger partial charge in [0.1, 0.15) is 21.8 Å². The zero-order valence-electron chi connectivity index (χ0n) is 14.6. The number of nitrogens with one attached hydrogen (secondary N) is 2. The minimum atomic E-state index is -4.61. The van der Waals surface area contributed by atoms with Gasteiger partial charge in [0.25, 0.3) is 11.5 Å². The Hall–Kier alpha value is -3.26. The summed E-state index contributed by atoms with van der Waals surface area (Å²) in [5.41, 5.74) is 5.77. The molecule has 0 bridgehead atoms. The first-order valence-corrected chi connectivity index (χ1v) is 8.79. The Labute approximate surface area is 161 Å². The first-order chi connectivity index (χ1) is 13.2. The highest BCUT2D eigenvalue weighted by Crippen LogP contribution is 2.13. The molecule has 28 heavy (non-hydrogen) atoms. The van der Waals surface area contributed by atoms with Crippen molar-refractivity contribution in [2.45, 2.75) is 19.6 Å². The van der Waals surface area contributed by atoms with Crippen LogP contribution in [-0.2, 0) is 11.3 Å². The van der Waals surface area contributed by atoms with E-state index in [-0.39, 0.29) is 15.7 Å². The monoisotopic (exact) mass is 411 g/mol. The number of amides is 1. The van der Waals surface area contributed by atoms with Gasteiger partial charge in [0.15, 0.2) is 5.57 Å². The third-order valence-electron chi connectivity index (χ3n) is 3.48. The molecule has 0 saturated carbocycles. The smallest absolute Gasteiger partial charge is 0.399 e. The Morgan fingerprint density at radius 1 is 1.43 bits per heavy atom. The van der Waals surface area contributed by atoms with Crippen molar-refractivity contribution in [2.75, 3.05) is 17.6 Å². The van der Waals surface area contributed by atoms with E-state index in [1.807, 2.05) is 0 Å². The van der Waals surface area contributed by atoms with Crippen molar-refractivity contribution in [3.05, 3.63) is 43.8 Å². The molecule has 7 nitrogen and oxygen atoms in total. The van der Waals surface area contributed by atoms with E-state index in [2.05, 4.69) is 5.32 Å².